The number of aromatic nitrogens is 2. The van der Waals surface area contributed by atoms with Crippen molar-refractivity contribution in [2.45, 2.75) is 24.8 Å². The third kappa shape index (κ3) is 4.63. The highest BCUT2D eigenvalue weighted by atomic mass is 32.2. The Morgan fingerprint density at radius 3 is 2.39 bits per heavy atom. The Morgan fingerprint density at radius 2 is 1.87 bits per heavy atom. The Hall–Kier alpha value is -1.70. The third-order valence-electron chi connectivity index (χ3n) is 3.83. The van der Waals surface area contributed by atoms with Gasteiger partial charge in [0.05, 0.1) is 12.2 Å². The Balaban J connectivity index is 2.27. The smallest absolute Gasteiger partial charge is 0.244 e. The molecular formula is C16H24N4O2S. The molecule has 0 aliphatic carbocycles. The van der Waals surface area contributed by atoms with Crippen LogP contribution in [0.5, 0.6) is 0 Å². The molecular weight excluding hydrogens is 312 g/mol. The number of likely N-dealkylation sites (N-methyl/N-ethyl adjacent to an activating group) is 1. The molecule has 0 unspecified atom stereocenters. The molecule has 7 heteroatoms. The van der Waals surface area contributed by atoms with E-state index in [4.69, 9.17) is 0 Å². The molecule has 1 N–H and O–H groups in total. The standard InChI is InChI=1S/C16H24N4O2S/c1-4-20(5-2)13-16(14-9-7-6-8-10-14)18-23(21,22)15-11-17-19(3)12-15/h6-12,16,18H,4-5,13H2,1-3H3/t16-/m0/s1. The van der Waals surface area contributed by atoms with Crippen molar-refractivity contribution in [1.82, 2.24) is 19.4 Å². The molecule has 1 atom stereocenters. The second-order valence-electron chi connectivity index (χ2n) is 5.42. The highest BCUT2D eigenvalue weighted by Crippen LogP contribution is 2.18. The van der Waals surface area contributed by atoms with Crippen LogP contribution in [0.4, 0.5) is 0 Å². The first-order valence-corrected chi connectivity index (χ1v) is 9.22. The van der Waals surface area contributed by atoms with Crippen LogP contribution in [0.1, 0.15) is 25.5 Å². The Labute approximate surface area is 138 Å². The molecule has 0 aliphatic rings. The summed E-state index contributed by atoms with van der Waals surface area (Å²) in [6.07, 6.45) is 2.86. The summed E-state index contributed by atoms with van der Waals surface area (Å²) in [4.78, 5) is 2.38. The van der Waals surface area contributed by atoms with Crippen LogP contribution in [0.2, 0.25) is 0 Å². The maximum atomic E-state index is 12.6. The summed E-state index contributed by atoms with van der Waals surface area (Å²) in [5.74, 6) is 0. The van der Waals surface area contributed by atoms with Crippen molar-refractivity contribution in [2.75, 3.05) is 19.6 Å². The van der Waals surface area contributed by atoms with Crippen molar-refractivity contribution in [3.05, 3.63) is 48.3 Å². The monoisotopic (exact) mass is 336 g/mol. The first kappa shape index (κ1) is 17.7. The van der Waals surface area contributed by atoms with Crippen molar-refractivity contribution >= 4 is 10.0 Å². The summed E-state index contributed by atoms with van der Waals surface area (Å²) in [5, 5.41) is 3.94. The van der Waals surface area contributed by atoms with Gasteiger partial charge in [-0.3, -0.25) is 4.68 Å². The molecule has 6 nitrogen and oxygen atoms in total. The molecule has 0 bridgehead atoms. The molecule has 0 saturated carbocycles. The number of rotatable bonds is 8. The second-order valence-corrected chi connectivity index (χ2v) is 7.13. The van der Waals surface area contributed by atoms with E-state index >= 15 is 0 Å². The normalized spacial score (nSPS) is 13.4. The van der Waals surface area contributed by atoms with Crippen LogP contribution in [-0.2, 0) is 17.1 Å². The van der Waals surface area contributed by atoms with Gasteiger partial charge in [-0.1, -0.05) is 44.2 Å². The van der Waals surface area contributed by atoms with Crippen molar-refractivity contribution in [3.8, 4) is 0 Å². The van der Waals surface area contributed by atoms with E-state index in [2.05, 4.69) is 28.6 Å². The lowest BCUT2D eigenvalue weighted by Crippen LogP contribution is -2.38. The van der Waals surface area contributed by atoms with E-state index in [1.54, 1.807) is 7.05 Å². The molecule has 1 aromatic heterocycles. The predicted molar refractivity (Wildman–Crippen MR) is 90.5 cm³/mol. The van der Waals surface area contributed by atoms with Gasteiger partial charge in [-0.05, 0) is 18.7 Å². The zero-order chi connectivity index (χ0) is 16.9. The van der Waals surface area contributed by atoms with Crippen molar-refractivity contribution in [2.24, 2.45) is 7.05 Å². The minimum absolute atomic E-state index is 0.181. The maximum absolute atomic E-state index is 12.6. The number of hydrogen-bond acceptors (Lipinski definition) is 4. The fraction of sp³-hybridized carbons (Fsp3) is 0.438. The van der Waals surface area contributed by atoms with Crippen LogP contribution in [-0.4, -0.2) is 42.7 Å². The van der Waals surface area contributed by atoms with E-state index in [-0.39, 0.29) is 10.9 Å². The van der Waals surface area contributed by atoms with Crippen molar-refractivity contribution in [3.63, 3.8) is 0 Å². The van der Waals surface area contributed by atoms with Gasteiger partial charge in [0, 0.05) is 19.8 Å². The van der Waals surface area contributed by atoms with Crippen LogP contribution in [0.3, 0.4) is 0 Å². The molecule has 1 heterocycles. The summed E-state index contributed by atoms with van der Waals surface area (Å²) in [7, 11) is -1.91. The molecule has 0 radical (unpaired) electrons. The topological polar surface area (TPSA) is 67.2 Å². The van der Waals surface area contributed by atoms with Crippen LogP contribution in [0, 0.1) is 0 Å². The lowest BCUT2D eigenvalue weighted by Gasteiger charge is -2.26. The molecule has 0 spiro atoms. The highest BCUT2D eigenvalue weighted by molar-refractivity contribution is 7.89. The molecule has 126 valence electrons. The average molecular weight is 336 g/mol. The highest BCUT2D eigenvalue weighted by Gasteiger charge is 2.23. The molecule has 0 aliphatic heterocycles. The number of nitrogens with zero attached hydrogens (tertiary/aromatic N) is 3. The zero-order valence-corrected chi connectivity index (χ0v) is 14.6. The quantitative estimate of drug-likeness (QED) is 0.798. The van der Waals surface area contributed by atoms with Crippen LogP contribution >= 0.6 is 0 Å². The molecule has 0 saturated heterocycles. The first-order chi connectivity index (χ1) is 11.0. The fourth-order valence-electron chi connectivity index (χ4n) is 2.43. The maximum Gasteiger partial charge on any atom is 0.244 e. The van der Waals surface area contributed by atoms with Crippen LogP contribution in [0.25, 0.3) is 0 Å². The van der Waals surface area contributed by atoms with Gasteiger partial charge in [-0.25, -0.2) is 13.1 Å². The van der Waals surface area contributed by atoms with Gasteiger partial charge in [-0.2, -0.15) is 5.10 Å². The van der Waals surface area contributed by atoms with E-state index in [1.165, 1.54) is 17.1 Å². The predicted octanol–water partition coefficient (Wildman–Crippen LogP) is 1.78. The van der Waals surface area contributed by atoms with Gasteiger partial charge >= 0.3 is 0 Å². The van der Waals surface area contributed by atoms with Gasteiger partial charge in [0.15, 0.2) is 0 Å². The SMILES string of the molecule is CCN(CC)C[C@H](NS(=O)(=O)c1cnn(C)c1)c1ccccc1. The van der Waals surface area contributed by atoms with Gasteiger partial charge in [-0.15, -0.1) is 0 Å². The number of hydrogen-bond donors (Lipinski definition) is 1. The molecule has 1 aromatic carbocycles. The van der Waals surface area contributed by atoms with E-state index in [9.17, 15) is 8.42 Å². The minimum Gasteiger partial charge on any atom is -0.302 e. The fourth-order valence-corrected chi connectivity index (χ4v) is 3.63. The summed E-state index contributed by atoms with van der Waals surface area (Å²) < 4.78 is 29.5. The van der Waals surface area contributed by atoms with E-state index < -0.39 is 10.0 Å². The lowest BCUT2D eigenvalue weighted by atomic mass is 10.1. The molecule has 0 amide bonds. The average Bonchev–Trinajstić information content (AvgIpc) is 2.99. The number of sulfonamides is 1. The molecule has 2 rings (SSSR count). The number of nitrogens with one attached hydrogen (secondary N) is 1. The van der Waals surface area contributed by atoms with E-state index in [0.29, 0.717) is 6.54 Å². The summed E-state index contributed by atoms with van der Waals surface area (Å²) in [6.45, 7) is 6.50. The number of benzene rings is 1. The largest absolute Gasteiger partial charge is 0.302 e. The van der Waals surface area contributed by atoms with E-state index in [0.717, 1.165) is 18.7 Å². The summed E-state index contributed by atoms with van der Waals surface area (Å²) in [6, 6.07) is 9.35. The van der Waals surface area contributed by atoms with Crippen LogP contribution in [0.15, 0.2) is 47.6 Å². The van der Waals surface area contributed by atoms with Gasteiger partial charge in [0.1, 0.15) is 4.90 Å². The zero-order valence-electron chi connectivity index (χ0n) is 13.8. The molecule has 0 fully saturated rings. The Bertz CT molecular complexity index is 709. The van der Waals surface area contributed by atoms with Gasteiger partial charge in [0.2, 0.25) is 10.0 Å². The van der Waals surface area contributed by atoms with Crippen molar-refractivity contribution in [1.29, 1.82) is 0 Å². The first-order valence-electron chi connectivity index (χ1n) is 7.74. The Morgan fingerprint density at radius 1 is 1.22 bits per heavy atom. The van der Waals surface area contributed by atoms with E-state index in [1.807, 2.05) is 30.3 Å². The molecule has 2 aromatic rings. The van der Waals surface area contributed by atoms with Crippen molar-refractivity contribution < 1.29 is 8.42 Å². The second kappa shape index (κ2) is 7.72. The lowest BCUT2D eigenvalue weighted by molar-refractivity contribution is 0.277. The van der Waals surface area contributed by atoms with Crippen LogP contribution < -0.4 is 4.72 Å². The van der Waals surface area contributed by atoms with Gasteiger partial charge in [0.25, 0.3) is 0 Å². The summed E-state index contributed by atoms with van der Waals surface area (Å²) in [5.41, 5.74) is 0.951. The third-order valence-corrected chi connectivity index (χ3v) is 5.25. The van der Waals surface area contributed by atoms with Gasteiger partial charge < -0.3 is 4.90 Å². The minimum atomic E-state index is -3.61. The summed E-state index contributed by atoms with van der Waals surface area (Å²) >= 11 is 0. The number of aryl methyl sites for hydroxylation is 1. The Kier molecular flexibility index (Phi) is 5.92. The molecule has 23 heavy (non-hydrogen) atoms.